The second-order valence-corrected chi connectivity index (χ2v) is 5.56. The van der Waals surface area contributed by atoms with E-state index in [1.54, 1.807) is 13.2 Å². The minimum absolute atomic E-state index is 0.00353. The van der Waals surface area contributed by atoms with Gasteiger partial charge in [0.2, 0.25) is 0 Å². The van der Waals surface area contributed by atoms with Crippen molar-refractivity contribution in [2.45, 2.75) is 20.4 Å². The van der Waals surface area contributed by atoms with E-state index in [4.69, 9.17) is 25.9 Å². The molecule has 1 aliphatic rings. The summed E-state index contributed by atoms with van der Waals surface area (Å²) in [6.45, 7) is 5.97. The minimum Gasteiger partial charge on any atom is -0.489 e. The molecule has 0 bridgehead atoms. The highest BCUT2D eigenvalue weighted by molar-refractivity contribution is 6.31. The molecule has 1 N–H and O–H groups in total. The molecule has 0 fully saturated rings. The Bertz CT molecular complexity index is 434. The standard InChI is InChI=1S/C13H18ClNO3/c1-13(2)7-17-11-4-9(6-15-16-3)10(14)5-12(11)18-8-13/h4-5,15H,6-8H2,1-3H3. The van der Waals surface area contributed by atoms with Crippen molar-refractivity contribution in [2.75, 3.05) is 20.3 Å². The monoisotopic (exact) mass is 271 g/mol. The van der Waals surface area contributed by atoms with Gasteiger partial charge in [0.25, 0.3) is 0 Å². The van der Waals surface area contributed by atoms with Gasteiger partial charge in [-0.1, -0.05) is 25.4 Å². The Hall–Kier alpha value is -0.970. The van der Waals surface area contributed by atoms with Crippen LogP contribution in [0.25, 0.3) is 0 Å². The fourth-order valence-corrected chi connectivity index (χ4v) is 1.90. The number of hydrogen-bond donors (Lipinski definition) is 1. The van der Waals surface area contributed by atoms with Gasteiger partial charge in [-0.05, 0) is 11.6 Å². The zero-order valence-corrected chi connectivity index (χ0v) is 11.6. The number of hydrogen-bond acceptors (Lipinski definition) is 4. The van der Waals surface area contributed by atoms with Crippen LogP contribution in [-0.4, -0.2) is 20.3 Å². The predicted octanol–water partition coefficient (Wildman–Crippen LogP) is 2.79. The van der Waals surface area contributed by atoms with Crippen LogP contribution in [0.1, 0.15) is 19.4 Å². The Morgan fingerprint density at radius 2 is 1.89 bits per heavy atom. The van der Waals surface area contributed by atoms with Crippen molar-refractivity contribution in [3.63, 3.8) is 0 Å². The lowest BCUT2D eigenvalue weighted by Gasteiger charge is -2.19. The summed E-state index contributed by atoms with van der Waals surface area (Å²) in [7, 11) is 1.57. The Balaban J connectivity index is 2.24. The third kappa shape index (κ3) is 3.07. The second-order valence-electron chi connectivity index (χ2n) is 5.16. The number of halogens is 1. The molecule has 1 aromatic carbocycles. The summed E-state index contributed by atoms with van der Waals surface area (Å²) in [5.74, 6) is 1.43. The van der Waals surface area contributed by atoms with E-state index in [-0.39, 0.29) is 5.41 Å². The quantitative estimate of drug-likeness (QED) is 0.858. The Labute approximate surface area is 112 Å². The van der Waals surface area contributed by atoms with Crippen molar-refractivity contribution < 1.29 is 14.3 Å². The third-order valence-corrected chi connectivity index (χ3v) is 3.11. The van der Waals surface area contributed by atoms with E-state index in [0.717, 1.165) is 11.3 Å². The highest BCUT2D eigenvalue weighted by Crippen LogP contribution is 2.37. The molecule has 18 heavy (non-hydrogen) atoms. The number of rotatable bonds is 3. The molecule has 5 heteroatoms. The van der Waals surface area contributed by atoms with E-state index in [0.29, 0.717) is 30.5 Å². The molecule has 1 aromatic rings. The summed E-state index contributed by atoms with van der Waals surface area (Å²) in [6, 6.07) is 3.69. The van der Waals surface area contributed by atoms with E-state index in [9.17, 15) is 0 Å². The topological polar surface area (TPSA) is 39.7 Å². The highest BCUT2D eigenvalue weighted by atomic mass is 35.5. The van der Waals surface area contributed by atoms with E-state index >= 15 is 0 Å². The number of ether oxygens (including phenoxy) is 2. The first kappa shape index (κ1) is 13.5. The van der Waals surface area contributed by atoms with E-state index in [2.05, 4.69) is 19.3 Å². The average Bonchev–Trinajstić information content (AvgIpc) is 2.46. The zero-order chi connectivity index (χ0) is 13.2. The van der Waals surface area contributed by atoms with Crippen LogP contribution in [0.5, 0.6) is 11.5 Å². The second kappa shape index (κ2) is 5.34. The molecule has 0 saturated heterocycles. The number of nitrogens with one attached hydrogen (secondary N) is 1. The maximum Gasteiger partial charge on any atom is 0.162 e. The van der Waals surface area contributed by atoms with Crippen LogP contribution in [-0.2, 0) is 11.4 Å². The van der Waals surface area contributed by atoms with Gasteiger partial charge in [-0.3, -0.25) is 0 Å². The van der Waals surface area contributed by atoms with Crippen molar-refractivity contribution in [1.82, 2.24) is 5.48 Å². The van der Waals surface area contributed by atoms with Gasteiger partial charge in [-0.2, -0.15) is 5.48 Å². The third-order valence-electron chi connectivity index (χ3n) is 2.76. The smallest absolute Gasteiger partial charge is 0.162 e. The summed E-state index contributed by atoms with van der Waals surface area (Å²) in [4.78, 5) is 4.82. The van der Waals surface area contributed by atoms with Gasteiger partial charge in [-0.15, -0.1) is 0 Å². The predicted molar refractivity (Wildman–Crippen MR) is 70.1 cm³/mol. The van der Waals surface area contributed by atoms with Crippen molar-refractivity contribution in [3.8, 4) is 11.5 Å². The van der Waals surface area contributed by atoms with Crippen molar-refractivity contribution in [2.24, 2.45) is 5.41 Å². The first-order valence-electron chi connectivity index (χ1n) is 5.86. The molecular weight excluding hydrogens is 254 g/mol. The first-order chi connectivity index (χ1) is 8.52. The summed E-state index contributed by atoms with van der Waals surface area (Å²) < 4.78 is 11.5. The number of fused-ring (bicyclic) bond motifs is 1. The Kier molecular flexibility index (Phi) is 4.00. The molecular formula is C13H18ClNO3. The molecule has 100 valence electrons. The summed E-state index contributed by atoms with van der Waals surface area (Å²) in [5.41, 5.74) is 3.68. The fraction of sp³-hybridized carbons (Fsp3) is 0.538. The minimum atomic E-state index is -0.00353. The molecule has 0 atom stereocenters. The van der Waals surface area contributed by atoms with Crippen LogP contribution < -0.4 is 15.0 Å². The van der Waals surface area contributed by atoms with Crippen LogP contribution in [0.2, 0.25) is 5.02 Å². The zero-order valence-electron chi connectivity index (χ0n) is 10.9. The van der Waals surface area contributed by atoms with Crippen LogP contribution in [0.3, 0.4) is 0 Å². The maximum atomic E-state index is 6.19. The molecule has 1 heterocycles. The van der Waals surface area contributed by atoms with E-state index < -0.39 is 0 Å². The highest BCUT2D eigenvalue weighted by Gasteiger charge is 2.25. The van der Waals surface area contributed by atoms with Crippen molar-refractivity contribution in [1.29, 1.82) is 0 Å². The lowest BCUT2D eigenvalue weighted by Crippen LogP contribution is -2.26. The molecule has 0 spiro atoms. The molecule has 0 saturated carbocycles. The molecule has 0 aliphatic carbocycles. The molecule has 0 amide bonds. The molecule has 0 unspecified atom stereocenters. The van der Waals surface area contributed by atoms with Crippen LogP contribution >= 0.6 is 11.6 Å². The van der Waals surface area contributed by atoms with E-state index in [1.165, 1.54) is 0 Å². The largest absolute Gasteiger partial charge is 0.489 e. The van der Waals surface area contributed by atoms with Crippen LogP contribution in [0, 0.1) is 5.41 Å². The number of benzene rings is 1. The van der Waals surface area contributed by atoms with Gasteiger partial charge in [0.1, 0.15) is 0 Å². The van der Waals surface area contributed by atoms with Gasteiger partial charge in [-0.25, -0.2) is 0 Å². The lowest BCUT2D eigenvalue weighted by molar-refractivity contribution is 0.0866. The fourth-order valence-electron chi connectivity index (χ4n) is 1.68. The van der Waals surface area contributed by atoms with Gasteiger partial charge in [0.05, 0.1) is 20.3 Å². The van der Waals surface area contributed by atoms with E-state index in [1.807, 2.05) is 6.07 Å². The summed E-state index contributed by atoms with van der Waals surface area (Å²) >= 11 is 6.19. The van der Waals surface area contributed by atoms with Gasteiger partial charge in [0, 0.05) is 23.0 Å². The average molecular weight is 272 g/mol. The van der Waals surface area contributed by atoms with Crippen molar-refractivity contribution >= 4 is 11.6 Å². The first-order valence-corrected chi connectivity index (χ1v) is 6.23. The number of hydroxylamine groups is 1. The maximum absolute atomic E-state index is 6.19. The van der Waals surface area contributed by atoms with Gasteiger partial charge < -0.3 is 14.3 Å². The van der Waals surface area contributed by atoms with Crippen molar-refractivity contribution in [3.05, 3.63) is 22.7 Å². The summed E-state index contributed by atoms with van der Waals surface area (Å²) in [6.07, 6.45) is 0. The Morgan fingerprint density at radius 1 is 1.28 bits per heavy atom. The SMILES string of the molecule is CONCc1cc2c(cc1Cl)OCC(C)(C)CO2. The molecule has 0 aromatic heterocycles. The lowest BCUT2D eigenvalue weighted by atomic mass is 9.97. The Morgan fingerprint density at radius 3 is 2.50 bits per heavy atom. The molecule has 1 aliphatic heterocycles. The van der Waals surface area contributed by atoms with Gasteiger partial charge >= 0.3 is 0 Å². The molecule has 0 radical (unpaired) electrons. The molecule has 4 nitrogen and oxygen atoms in total. The summed E-state index contributed by atoms with van der Waals surface area (Å²) in [5, 5.41) is 0.640. The van der Waals surface area contributed by atoms with Crippen LogP contribution in [0.15, 0.2) is 12.1 Å². The van der Waals surface area contributed by atoms with Crippen LogP contribution in [0.4, 0.5) is 0 Å². The molecule has 2 rings (SSSR count). The normalized spacial score (nSPS) is 17.3. The van der Waals surface area contributed by atoms with Gasteiger partial charge in [0.15, 0.2) is 11.5 Å².